The summed E-state index contributed by atoms with van der Waals surface area (Å²) >= 11 is 0. The molecule has 4 amide bonds. The summed E-state index contributed by atoms with van der Waals surface area (Å²) in [7, 11) is 0. The summed E-state index contributed by atoms with van der Waals surface area (Å²) in [6.07, 6.45) is 2.24. The molecule has 0 bridgehead atoms. The van der Waals surface area contributed by atoms with Crippen LogP contribution >= 0.6 is 0 Å². The van der Waals surface area contributed by atoms with Crippen LogP contribution in [0.15, 0.2) is 24.3 Å². The smallest absolute Gasteiger partial charge is 0.319 e. The van der Waals surface area contributed by atoms with Gasteiger partial charge in [0.25, 0.3) is 0 Å². The molecule has 1 aliphatic carbocycles. The molecule has 160 valence electrons. The Morgan fingerprint density at radius 1 is 1.10 bits per heavy atom. The van der Waals surface area contributed by atoms with Crippen LogP contribution in [-0.2, 0) is 21.0 Å². The van der Waals surface area contributed by atoms with Crippen molar-refractivity contribution in [3.63, 3.8) is 0 Å². The molecule has 1 fully saturated rings. The molecular weight excluding hydrogens is 380 g/mol. The first kappa shape index (κ1) is 23.9. The summed E-state index contributed by atoms with van der Waals surface area (Å²) in [6.45, 7) is 2.28. The van der Waals surface area contributed by atoms with E-state index in [0.717, 1.165) is 12.0 Å². The van der Waals surface area contributed by atoms with Gasteiger partial charge in [0.05, 0.1) is 13.2 Å². The van der Waals surface area contributed by atoms with Crippen molar-refractivity contribution in [2.45, 2.75) is 39.2 Å². The number of hydrogen-bond donors (Lipinski definition) is 6. The predicted molar refractivity (Wildman–Crippen MR) is 106 cm³/mol. The number of amides is 4. The zero-order chi connectivity index (χ0) is 21.9. The summed E-state index contributed by atoms with van der Waals surface area (Å²) in [4.78, 5) is 44.7. The number of carboxylic acid groups (broad SMARTS) is 1. The van der Waals surface area contributed by atoms with Gasteiger partial charge in [0.15, 0.2) is 0 Å². The van der Waals surface area contributed by atoms with Crippen LogP contribution in [0.2, 0.25) is 0 Å². The maximum Gasteiger partial charge on any atom is 0.319 e. The van der Waals surface area contributed by atoms with Crippen LogP contribution in [0.4, 0.5) is 10.5 Å². The van der Waals surface area contributed by atoms with Crippen LogP contribution < -0.4 is 21.7 Å². The average Bonchev–Trinajstić information content (AvgIpc) is 2.64. The number of nitrogens with two attached hydrogens (primary N) is 1. The monoisotopic (exact) mass is 408 g/mol. The van der Waals surface area contributed by atoms with E-state index in [0.29, 0.717) is 31.5 Å². The number of nitrogens with one attached hydrogen (secondary N) is 3. The van der Waals surface area contributed by atoms with Crippen LogP contribution in [0.5, 0.6) is 0 Å². The van der Waals surface area contributed by atoms with Gasteiger partial charge in [-0.3, -0.25) is 14.4 Å². The lowest BCUT2D eigenvalue weighted by Crippen LogP contribution is -2.52. The number of aliphatic hydroxyl groups is 1. The summed E-state index contributed by atoms with van der Waals surface area (Å²) in [5.74, 6) is -2.20. The molecule has 0 unspecified atom stereocenters. The number of hydrogen-bond acceptors (Lipinski definition) is 5. The van der Waals surface area contributed by atoms with E-state index < -0.39 is 29.2 Å². The van der Waals surface area contributed by atoms with E-state index in [4.69, 9.17) is 15.9 Å². The first-order chi connectivity index (χ1) is 13.7. The molecule has 0 atom stereocenters. The second-order valence-corrected chi connectivity index (χ2v) is 6.62. The Balaban J connectivity index is 0.000000516. The highest BCUT2D eigenvalue weighted by Crippen LogP contribution is 2.41. The van der Waals surface area contributed by atoms with E-state index >= 15 is 0 Å². The number of anilines is 1. The second kappa shape index (κ2) is 11.6. The zero-order valence-corrected chi connectivity index (χ0v) is 16.4. The Bertz CT molecular complexity index is 716. The summed E-state index contributed by atoms with van der Waals surface area (Å²) < 4.78 is 0. The van der Waals surface area contributed by atoms with E-state index in [1.54, 1.807) is 24.3 Å². The fourth-order valence-corrected chi connectivity index (χ4v) is 2.55. The fraction of sp³-hybridized carbons (Fsp3) is 0.474. The van der Waals surface area contributed by atoms with Crippen LogP contribution in [0, 0.1) is 5.41 Å². The van der Waals surface area contributed by atoms with Gasteiger partial charge in [-0.2, -0.15) is 0 Å². The van der Waals surface area contributed by atoms with Crippen molar-refractivity contribution in [3.8, 4) is 0 Å². The molecule has 29 heavy (non-hydrogen) atoms. The molecule has 7 N–H and O–H groups in total. The van der Waals surface area contributed by atoms with E-state index in [1.807, 2.05) is 6.92 Å². The Labute approximate surface area is 168 Å². The molecule has 0 aromatic heterocycles. The van der Waals surface area contributed by atoms with E-state index in [1.165, 1.54) is 0 Å². The molecule has 0 spiro atoms. The minimum atomic E-state index is -1.37. The van der Waals surface area contributed by atoms with Crippen molar-refractivity contribution in [1.82, 2.24) is 10.6 Å². The van der Waals surface area contributed by atoms with Crippen molar-refractivity contribution < 1.29 is 29.4 Å². The number of urea groups is 1. The zero-order valence-electron chi connectivity index (χ0n) is 16.4. The summed E-state index contributed by atoms with van der Waals surface area (Å²) in [6, 6.07) is 6.16. The van der Waals surface area contributed by atoms with Gasteiger partial charge >= 0.3 is 12.0 Å². The highest BCUT2D eigenvalue weighted by atomic mass is 16.4. The third-order valence-corrected chi connectivity index (χ3v) is 4.43. The Morgan fingerprint density at radius 3 is 2.10 bits per heavy atom. The van der Waals surface area contributed by atoms with Crippen molar-refractivity contribution in [2.24, 2.45) is 11.1 Å². The highest BCUT2D eigenvalue weighted by molar-refractivity contribution is 6.04. The van der Waals surface area contributed by atoms with Gasteiger partial charge < -0.3 is 31.9 Å². The van der Waals surface area contributed by atoms with E-state index in [2.05, 4.69) is 16.0 Å². The van der Waals surface area contributed by atoms with Gasteiger partial charge in [-0.05, 0) is 37.0 Å². The van der Waals surface area contributed by atoms with Gasteiger partial charge in [-0.1, -0.05) is 25.5 Å². The van der Waals surface area contributed by atoms with Crippen LogP contribution in [0.3, 0.4) is 0 Å². The number of carbonyl (C=O) groups is 4. The van der Waals surface area contributed by atoms with E-state index in [-0.39, 0.29) is 13.2 Å². The number of aliphatic carboxylic acids is 1. The number of carbonyl (C=O) groups excluding carboxylic acids is 3. The standard InChI is InChI=1S/C15H18N2O5.C4H10N2O/c18-9-10-2-4-11(5-3-10)17-12(19)8-16-13(20)15(14(21)22)6-1-7-15;1-2-3-6-4(5)7/h2-5,18H,1,6-9H2,(H,16,20)(H,17,19)(H,21,22);2-3H2,1H3,(H3,5,6,7). The molecule has 1 aromatic rings. The van der Waals surface area contributed by atoms with Gasteiger partial charge in [-0.25, -0.2) is 4.79 Å². The first-order valence-electron chi connectivity index (χ1n) is 9.29. The van der Waals surface area contributed by atoms with Crippen molar-refractivity contribution >= 4 is 29.5 Å². The third-order valence-electron chi connectivity index (χ3n) is 4.43. The molecule has 0 radical (unpaired) electrons. The Morgan fingerprint density at radius 2 is 1.72 bits per heavy atom. The molecular formula is C19H28N4O6. The number of aliphatic hydroxyl groups excluding tert-OH is 1. The van der Waals surface area contributed by atoms with Crippen LogP contribution in [-0.4, -0.2) is 47.1 Å². The number of primary amides is 1. The van der Waals surface area contributed by atoms with Crippen LogP contribution in [0.25, 0.3) is 0 Å². The topological polar surface area (TPSA) is 171 Å². The number of benzene rings is 1. The fourth-order valence-electron chi connectivity index (χ4n) is 2.55. The molecule has 0 heterocycles. The normalized spacial score (nSPS) is 13.7. The third kappa shape index (κ3) is 7.41. The number of carboxylic acids is 1. The first-order valence-corrected chi connectivity index (χ1v) is 9.29. The van der Waals surface area contributed by atoms with Gasteiger partial charge in [0, 0.05) is 12.2 Å². The summed E-state index contributed by atoms with van der Waals surface area (Å²) in [5.41, 5.74) is 4.61. The maximum absolute atomic E-state index is 11.9. The molecule has 2 rings (SSSR count). The predicted octanol–water partition coefficient (Wildman–Crippen LogP) is 0.553. The maximum atomic E-state index is 11.9. The van der Waals surface area contributed by atoms with E-state index in [9.17, 15) is 19.2 Å². The van der Waals surface area contributed by atoms with Crippen molar-refractivity contribution in [2.75, 3.05) is 18.4 Å². The lowest BCUT2D eigenvalue weighted by molar-refractivity contribution is -0.162. The minimum Gasteiger partial charge on any atom is -0.480 e. The van der Waals surface area contributed by atoms with Crippen molar-refractivity contribution in [3.05, 3.63) is 29.8 Å². The van der Waals surface area contributed by atoms with Gasteiger partial charge in [0.2, 0.25) is 11.8 Å². The molecule has 0 aliphatic heterocycles. The Kier molecular flexibility index (Phi) is 9.60. The number of rotatable bonds is 8. The van der Waals surface area contributed by atoms with Crippen LogP contribution in [0.1, 0.15) is 38.2 Å². The summed E-state index contributed by atoms with van der Waals surface area (Å²) in [5, 5.41) is 25.4. The largest absolute Gasteiger partial charge is 0.480 e. The average molecular weight is 408 g/mol. The second-order valence-electron chi connectivity index (χ2n) is 6.62. The minimum absolute atomic E-state index is 0.0818. The molecule has 10 heteroatoms. The quantitative estimate of drug-likeness (QED) is 0.343. The van der Waals surface area contributed by atoms with Crippen molar-refractivity contribution in [1.29, 1.82) is 0 Å². The van der Waals surface area contributed by atoms with Gasteiger partial charge in [0.1, 0.15) is 5.41 Å². The molecule has 1 aliphatic rings. The SMILES string of the molecule is CCCNC(N)=O.O=C(CNC(=O)C1(C(=O)O)CCC1)Nc1ccc(CO)cc1. The molecule has 0 saturated heterocycles. The molecule has 1 aromatic carbocycles. The lowest BCUT2D eigenvalue weighted by atomic mass is 9.68. The lowest BCUT2D eigenvalue weighted by Gasteiger charge is -2.35. The molecule has 1 saturated carbocycles. The Hall–Kier alpha value is -3.14. The highest BCUT2D eigenvalue weighted by Gasteiger charge is 2.51. The van der Waals surface area contributed by atoms with Gasteiger partial charge in [-0.15, -0.1) is 0 Å². The molecule has 10 nitrogen and oxygen atoms in total.